The van der Waals surface area contributed by atoms with E-state index in [0.717, 1.165) is 12.1 Å². The molecule has 182 valence electrons. The molecule has 0 fully saturated rings. The molecule has 0 bridgehead atoms. The molecule has 2 atom stereocenters. The average molecular weight is 497 g/mol. The van der Waals surface area contributed by atoms with Gasteiger partial charge < -0.3 is 15.6 Å². The number of alkyl halides is 3. The molecular weight excluding hydrogens is 477 g/mol. The maximum Gasteiger partial charge on any atom is 0.431 e. The molecule has 2 aromatic rings. The summed E-state index contributed by atoms with van der Waals surface area (Å²) in [5, 5.41) is 15.4. The minimum Gasteiger partial charge on any atom is -0.550 e. The van der Waals surface area contributed by atoms with Crippen LogP contribution in [0.2, 0.25) is 0 Å². The molecule has 0 radical (unpaired) electrons. The number of benzene rings is 2. The second-order valence-electron chi connectivity index (χ2n) is 7.50. The van der Waals surface area contributed by atoms with Crippen molar-refractivity contribution in [1.29, 1.82) is 0 Å². The molecule has 3 rings (SSSR count). The molecule has 2 unspecified atom stereocenters. The minimum atomic E-state index is -4.62. The predicted molar refractivity (Wildman–Crippen MR) is 114 cm³/mol. The zero-order valence-corrected chi connectivity index (χ0v) is 18.3. The first-order valence-electron chi connectivity index (χ1n) is 9.99. The standard InChI is InChI=1S/C21H21F3N4O5S/c22-21(23,24)18-12-17(13-4-2-1-3-5-13)28(26-18)14-6-8-15(9-7-14)34(32,33)27-20(31)16(25)10-11-19(29)30/h1-9,16-17H,10-12,25H2,(H,27,31)(H,29,30)/p-1. The highest BCUT2D eigenvalue weighted by atomic mass is 32.2. The van der Waals surface area contributed by atoms with Crippen LogP contribution in [-0.2, 0) is 19.6 Å². The van der Waals surface area contributed by atoms with E-state index < -0.39 is 52.3 Å². The number of carboxylic acid groups (broad SMARTS) is 1. The summed E-state index contributed by atoms with van der Waals surface area (Å²) in [4.78, 5) is 22.1. The van der Waals surface area contributed by atoms with E-state index in [2.05, 4.69) is 5.10 Å². The monoisotopic (exact) mass is 497 g/mol. The molecule has 1 amide bonds. The van der Waals surface area contributed by atoms with Gasteiger partial charge in [0.15, 0.2) is 0 Å². The van der Waals surface area contributed by atoms with E-state index in [4.69, 9.17) is 5.73 Å². The van der Waals surface area contributed by atoms with E-state index >= 15 is 0 Å². The van der Waals surface area contributed by atoms with Crippen molar-refractivity contribution in [2.75, 3.05) is 5.01 Å². The lowest BCUT2D eigenvalue weighted by Crippen LogP contribution is -2.44. The Morgan fingerprint density at radius 2 is 1.76 bits per heavy atom. The average Bonchev–Trinajstić information content (AvgIpc) is 3.24. The number of sulfonamides is 1. The van der Waals surface area contributed by atoms with Gasteiger partial charge in [0.1, 0.15) is 5.71 Å². The fourth-order valence-corrected chi connectivity index (χ4v) is 4.33. The Hall–Kier alpha value is -3.45. The van der Waals surface area contributed by atoms with Crippen molar-refractivity contribution in [1.82, 2.24) is 4.72 Å². The van der Waals surface area contributed by atoms with E-state index in [-0.39, 0.29) is 23.4 Å². The largest absolute Gasteiger partial charge is 0.550 e. The highest BCUT2D eigenvalue weighted by Crippen LogP contribution is 2.39. The Morgan fingerprint density at radius 3 is 2.32 bits per heavy atom. The second-order valence-corrected chi connectivity index (χ2v) is 9.18. The number of carboxylic acids is 1. The van der Waals surface area contributed by atoms with Crippen molar-refractivity contribution in [2.45, 2.75) is 42.4 Å². The van der Waals surface area contributed by atoms with Crippen LogP contribution >= 0.6 is 0 Å². The van der Waals surface area contributed by atoms with Crippen LogP contribution in [0.3, 0.4) is 0 Å². The lowest BCUT2D eigenvalue weighted by Gasteiger charge is -2.24. The number of amides is 1. The molecule has 2 aromatic carbocycles. The summed E-state index contributed by atoms with van der Waals surface area (Å²) in [6.07, 6.45) is -5.85. The van der Waals surface area contributed by atoms with Gasteiger partial charge in [0.2, 0.25) is 0 Å². The summed E-state index contributed by atoms with van der Waals surface area (Å²) in [5.74, 6) is -2.54. The second kappa shape index (κ2) is 9.81. The summed E-state index contributed by atoms with van der Waals surface area (Å²) in [6, 6.07) is 11.1. The number of rotatable bonds is 8. The molecular formula is C21H20F3N4O5S-. The van der Waals surface area contributed by atoms with Crippen molar-refractivity contribution in [2.24, 2.45) is 10.8 Å². The fraction of sp³-hybridized carbons (Fsp3) is 0.286. The van der Waals surface area contributed by atoms with Crippen molar-refractivity contribution in [3.63, 3.8) is 0 Å². The molecule has 0 spiro atoms. The molecule has 1 aliphatic rings. The number of carbonyl (C=O) groups is 2. The van der Waals surface area contributed by atoms with Gasteiger partial charge in [-0.3, -0.25) is 9.80 Å². The summed E-state index contributed by atoms with van der Waals surface area (Å²) in [7, 11) is -4.36. The molecule has 0 saturated carbocycles. The molecule has 0 aromatic heterocycles. The fourth-order valence-electron chi connectivity index (χ4n) is 3.30. The quantitative estimate of drug-likeness (QED) is 0.558. The molecule has 3 N–H and O–H groups in total. The van der Waals surface area contributed by atoms with Crippen LogP contribution in [0.4, 0.5) is 18.9 Å². The lowest BCUT2D eigenvalue weighted by molar-refractivity contribution is -0.305. The van der Waals surface area contributed by atoms with Gasteiger partial charge in [-0.1, -0.05) is 30.3 Å². The maximum atomic E-state index is 13.3. The van der Waals surface area contributed by atoms with Gasteiger partial charge in [-0.15, -0.1) is 0 Å². The maximum absolute atomic E-state index is 13.3. The Bertz CT molecular complexity index is 1190. The van der Waals surface area contributed by atoms with Gasteiger partial charge in [0.05, 0.1) is 22.7 Å². The number of hydrogen-bond donors (Lipinski definition) is 2. The Morgan fingerprint density at radius 1 is 1.15 bits per heavy atom. The molecule has 9 nitrogen and oxygen atoms in total. The summed E-state index contributed by atoms with van der Waals surface area (Å²) < 4.78 is 66.7. The molecule has 13 heteroatoms. The smallest absolute Gasteiger partial charge is 0.431 e. The van der Waals surface area contributed by atoms with Gasteiger partial charge >= 0.3 is 6.18 Å². The van der Waals surface area contributed by atoms with E-state index in [1.807, 2.05) is 0 Å². The third-order valence-corrected chi connectivity index (χ3v) is 6.43. The first kappa shape index (κ1) is 25.2. The highest BCUT2D eigenvalue weighted by molar-refractivity contribution is 7.90. The van der Waals surface area contributed by atoms with E-state index in [1.54, 1.807) is 35.1 Å². The Kier molecular flexibility index (Phi) is 7.26. The number of nitrogens with zero attached hydrogens (tertiary/aromatic N) is 2. The molecule has 0 saturated heterocycles. The summed E-state index contributed by atoms with van der Waals surface area (Å²) in [6.45, 7) is 0. The Labute approximate surface area is 193 Å². The molecule has 0 aliphatic carbocycles. The first-order chi connectivity index (χ1) is 15.9. The zero-order valence-electron chi connectivity index (χ0n) is 17.5. The van der Waals surface area contributed by atoms with Gasteiger partial charge in [-0.2, -0.15) is 18.3 Å². The van der Waals surface area contributed by atoms with Crippen molar-refractivity contribution in [3.8, 4) is 0 Å². The summed E-state index contributed by atoms with van der Waals surface area (Å²) in [5.41, 5.74) is 5.34. The predicted octanol–water partition coefficient (Wildman–Crippen LogP) is 1.22. The number of anilines is 1. The number of hydrazone groups is 1. The number of hydrogen-bond acceptors (Lipinski definition) is 8. The van der Waals surface area contributed by atoms with Gasteiger partial charge in [0, 0.05) is 12.4 Å². The zero-order chi connectivity index (χ0) is 25.1. The number of halogens is 3. The number of nitrogens with two attached hydrogens (primary N) is 1. The minimum absolute atomic E-state index is 0.212. The van der Waals surface area contributed by atoms with Gasteiger partial charge in [-0.25, -0.2) is 13.1 Å². The summed E-state index contributed by atoms with van der Waals surface area (Å²) >= 11 is 0. The van der Waals surface area contributed by atoms with Crippen molar-refractivity contribution in [3.05, 3.63) is 60.2 Å². The van der Waals surface area contributed by atoms with Crippen molar-refractivity contribution < 1.29 is 36.3 Å². The van der Waals surface area contributed by atoms with Crippen molar-refractivity contribution >= 4 is 33.3 Å². The van der Waals surface area contributed by atoms with Crippen LogP contribution in [0.25, 0.3) is 0 Å². The van der Waals surface area contributed by atoms with E-state index in [1.165, 1.54) is 17.1 Å². The highest BCUT2D eigenvalue weighted by Gasteiger charge is 2.43. The van der Waals surface area contributed by atoms with Gasteiger partial charge in [-0.05, 0) is 42.7 Å². The number of carbonyl (C=O) groups excluding carboxylic acids is 2. The first-order valence-corrected chi connectivity index (χ1v) is 11.5. The van der Waals surface area contributed by atoms with Gasteiger partial charge in [0.25, 0.3) is 15.9 Å². The molecule has 34 heavy (non-hydrogen) atoms. The molecule has 1 heterocycles. The van der Waals surface area contributed by atoms with Crippen LogP contribution in [0.15, 0.2) is 64.6 Å². The van der Waals surface area contributed by atoms with E-state index in [0.29, 0.717) is 5.56 Å². The van der Waals surface area contributed by atoms with Crippen LogP contribution in [-0.4, -0.2) is 38.2 Å². The topological polar surface area (TPSA) is 145 Å². The normalized spacial score (nSPS) is 17.2. The van der Waals surface area contributed by atoms with Crippen LogP contribution in [0.5, 0.6) is 0 Å². The third kappa shape index (κ3) is 5.91. The van der Waals surface area contributed by atoms with Crippen LogP contribution in [0, 0.1) is 0 Å². The lowest BCUT2D eigenvalue weighted by atomic mass is 10.0. The van der Waals surface area contributed by atoms with Crippen LogP contribution in [0.1, 0.15) is 30.9 Å². The Balaban J connectivity index is 1.82. The SMILES string of the molecule is NC(CCC(=O)[O-])C(=O)NS(=O)(=O)c1ccc(N2N=C(C(F)(F)F)CC2c2ccccc2)cc1. The number of aliphatic carboxylic acids is 1. The van der Waals surface area contributed by atoms with Crippen LogP contribution < -0.4 is 20.6 Å². The third-order valence-electron chi connectivity index (χ3n) is 5.06. The molecule has 1 aliphatic heterocycles. The van der Waals surface area contributed by atoms with E-state index in [9.17, 15) is 36.3 Å². The number of nitrogens with one attached hydrogen (secondary N) is 1.